The molecule has 2 aliphatic heterocycles. The quantitative estimate of drug-likeness (QED) is 0.851. The Labute approximate surface area is 145 Å². The summed E-state index contributed by atoms with van der Waals surface area (Å²) in [6.07, 6.45) is 5.44. The molecule has 2 atom stereocenters. The zero-order valence-electron chi connectivity index (χ0n) is 14.1. The van der Waals surface area contributed by atoms with Crippen LogP contribution in [0.25, 0.3) is 0 Å². The Morgan fingerprint density at radius 1 is 1.28 bits per heavy atom. The Balaban J connectivity index is 1.53. The number of piperidine rings is 1. The Hall–Kier alpha value is -2.70. The summed E-state index contributed by atoms with van der Waals surface area (Å²) in [5.41, 5.74) is 1.40. The van der Waals surface area contributed by atoms with Gasteiger partial charge in [-0.2, -0.15) is 0 Å². The third-order valence-electron chi connectivity index (χ3n) is 5.10. The van der Waals surface area contributed by atoms with E-state index < -0.39 is 0 Å². The Kier molecular flexibility index (Phi) is 3.99. The van der Waals surface area contributed by atoms with Crippen LogP contribution in [-0.2, 0) is 11.3 Å². The van der Waals surface area contributed by atoms with Crippen LogP contribution in [0.1, 0.15) is 41.1 Å². The molecule has 0 spiro atoms. The lowest BCUT2D eigenvalue weighted by Crippen LogP contribution is -2.52. The number of hydrogen-bond acceptors (Lipinski definition) is 5. The van der Waals surface area contributed by atoms with Crippen LogP contribution in [0.4, 0.5) is 0 Å². The predicted molar refractivity (Wildman–Crippen MR) is 88.5 cm³/mol. The first-order chi connectivity index (χ1) is 12.1. The number of carbonyl (C=O) groups excluding carboxylic acids is 2. The van der Waals surface area contributed by atoms with Crippen molar-refractivity contribution >= 4 is 11.8 Å². The second-order valence-electron chi connectivity index (χ2n) is 6.66. The van der Waals surface area contributed by atoms with E-state index in [1.807, 2.05) is 21.9 Å². The lowest BCUT2D eigenvalue weighted by molar-refractivity contribution is -0.138. The Bertz CT molecular complexity index is 789. The van der Waals surface area contributed by atoms with Gasteiger partial charge in [0.1, 0.15) is 5.76 Å². The van der Waals surface area contributed by atoms with Crippen molar-refractivity contribution < 1.29 is 14.1 Å². The van der Waals surface area contributed by atoms with Crippen LogP contribution in [0.2, 0.25) is 0 Å². The predicted octanol–water partition coefficient (Wildman–Crippen LogP) is 1.78. The summed E-state index contributed by atoms with van der Waals surface area (Å²) in [7, 11) is 0. The lowest BCUT2D eigenvalue weighted by Gasteiger charge is -2.39. The van der Waals surface area contributed by atoms with E-state index >= 15 is 0 Å². The van der Waals surface area contributed by atoms with Crippen molar-refractivity contribution in [3.8, 4) is 0 Å². The monoisotopic (exact) mass is 340 g/mol. The summed E-state index contributed by atoms with van der Waals surface area (Å²) in [6, 6.07) is 5.62. The first kappa shape index (κ1) is 15.8. The Morgan fingerprint density at radius 2 is 2.08 bits per heavy atom. The summed E-state index contributed by atoms with van der Waals surface area (Å²) in [5, 5.41) is 3.85. The van der Waals surface area contributed by atoms with Crippen molar-refractivity contribution in [2.75, 3.05) is 6.54 Å². The zero-order chi connectivity index (χ0) is 17.4. The van der Waals surface area contributed by atoms with Crippen LogP contribution < -0.4 is 0 Å². The van der Waals surface area contributed by atoms with Crippen molar-refractivity contribution in [2.24, 2.45) is 0 Å². The van der Waals surface area contributed by atoms with E-state index in [2.05, 4.69) is 10.1 Å². The number of pyridine rings is 1. The van der Waals surface area contributed by atoms with Gasteiger partial charge >= 0.3 is 0 Å². The van der Waals surface area contributed by atoms with Crippen molar-refractivity contribution in [1.29, 1.82) is 0 Å². The topological polar surface area (TPSA) is 79.5 Å². The van der Waals surface area contributed by atoms with Gasteiger partial charge in [-0.3, -0.25) is 14.6 Å². The van der Waals surface area contributed by atoms with Crippen LogP contribution in [0.5, 0.6) is 0 Å². The third kappa shape index (κ3) is 2.90. The maximum atomic E-state index is 12.8. The van der Waals surface area contributed by atoms with Crippen LogP contribution in [0.15, 0.2) is 35.1 Å². The number of aromatic nitrogens is 2. The first-order valence-electron chi connectivity index (χ1n) is 8.56. The highest BCUT2D eigenvalue weighted by molar-refractivity contribution is 5.93. The first-order valence-corrected chi connectivity index (χ1v) is 8.56. The van der Waals surface area contributed by atoms with Gasteiger partial charge in [0.2, 0.25) is 5.91 Å². The standard InChI is InChI=1S/C18H20N4O3/c1-12-10-14(20-25-12)18(24)21-9-6-16-15(21)2-3-17(23)22(16)11-13-4-7-19-8-5-13/h4-5,7-8,10,15-16H,2-3,6,9,11H2,1H3/t15-,16-/m0/s1. The fourth-order valence-corrected chi connectivity index (χ4v) is 3.91. The molecule has 2 fully saturated rings. The molecule has 2 aromatic rings. The highest BCUT2D eigenvalue weighted by Gasteiger charge is 2.45. The molecule has 0 unspecified atom stereocenters. The lowest BCUT2D eigenvalue weighted by atomic mass is 9.95. The number of amides is 2. The van der Waals surface area contributed by atoms with E-state index in [4.69, 9.17) is 4.52 Å². The smallest absolute Gasteiger partial charge is 0.276 e. The molecule has 0 saturated carbocycles. The van der Waals surface area contributed by atoms with Crippen molar-refractivity contribution in [2.45, 2.75) is 44.8 Å². The van der Waals surface area contributed by atoms with Gasteiger partial charge in [0.25, 0.3) is 5.91 Å². The molecule has 7 heteroatoms. The molecule has 0 N–H and O–H groups in total. The highest BCUT2D eigenvalue weighted by atomic mass is 16.5. The van der Waals surface area contributed by atoms with Gasteiger partial charge in [-0.1, -0.05) is 5.16 Å². The molecule has 2 aliphatic rings. The number of likely N-dealkylation sites (tertiary alicyclic amines) is 2. The van der Waals surface area contributed by atoms with Crippen molar-refractivity contribution in [3.63, 3.8) is 0 Å². The summed E-state index contributed by atoms with van der Waals surface area (Å²) in [5.74, 6) is 0.671. The van der Waals surface area contributed by atoms with E-state index in [0.717, 1.165) is 12.0 Å². The van der Waals surface area contributed by atoms with Gasteiger partial charge in [-0.25, -0.2) is 0 Å². The zero-order valence-corrected chi connectivity index (χ0v) is 14.1. The fraction of sp³-hybridized carbons (Fsp3) is 0.444. The average molecular weight is 340 g/mol. The Morgan fingerprint density at radius 3 is 2.80 bits per heavy atom. The van der Waals surface area contributed by atoms with E-state index in [9.17, 15) is 9.59 Å². The number of aryl methyl sites for hydroxylation is 1. The molecule has 2 saturated heterocycles. The number of nitrogens with zero attached hydrogens (tertiary/aromatic N) is 4. The molecular formula is C18H20N4O3. The van der Waals surface area contributed by atoms with E-state index in [0.29, 0.717) is 37.4 Å². The van der Waals surface area contributed by atoms with Gasteiger partial charge in [-0.15, -0.1) is 0 Å². The van der Waals surface area contributed by atoms with Gasteiger partial charge in [0.05, 0.1) is 12.1 Å². The molecule has 25 heavy (non-hydrogen) atoms. The molecule has 0 aliphatic carbocycles. The van der Waals surface area contributed by atoms with Gasteiger partial charge in [0, 0.05) is 38.0 Å². The molecule has 130 valence electrons. The van der Waals surface area contributed by atoms with Gasteiger partial charge < -0.3 is 14.3 Å². The SMILES string of the molecule is Cc1cc(C(=O)N2CC[C@H]3[C@@H]2CCC(=O)N3Cc2ccncc2)no1. The van der Waals surface area contributed by atoms with Gasteiger partial charge in [0.15, 0.2) is 5.69 Å². The molecule has 7 nitrogen and oxygen atoms in total. The maximum absolute atomic E-state index is 12.8. The van der Waals surface area contributed by atoms with Crippen LogP contribution in [0, 0.1) is 6.92 Å². The van der Waals surface area contributed by atoms with Crippen LogP contribution in [-0.4, -0.2) is 50.4 Å². The summed E-state index contributed by atoms with van der Waals surface area (Å²) < 4.78 is 5.03. The third-order valence-corrected chi connectivity index (χ3v) is 5.10. The highest BCUT2D eigenvalue weighted by Crippen LogP contribution is 2.33. The molecule has 4 heterocycles. The number of rotatable bonds is 3. The average Bonchev–Trinajstić information content (AvgIpc) is 3.24. The largest absolute Gasteiger partial charge is 0.361 e. The molecular weight excluding hydrogens is 320 g/mol. The van der Waals surface area contributed by atoms with Crippen LogP contribution in [0.3, 0.4) is 0 Å². The van der Waals surface area contributed by atoms with Crippen molar-refractivity contribution in [3.05, 3.63) is 47.6 Å². The number of fused-ring (bicyclic) bond motifs is 1. The second-order valence-corrected chi connectivity index (χ2v) is 6.66. The minimum atomic E-state index is -0.109. The number of hydrogen-bond donors (Lipinski definition) is 0. The molecule has 4 rings (SSSR count). The van der Waals surface area contributed by atoms with E-state index in [1.165, 1.54) is 0 Å². The summed E-state index contributed by atoms with van der Waals surface area (Å²) >= 11 is 0. The number of carbonyl (C=O) groups is 2. The molecule has 0 bridgehead atoms. The van der Waals surface area contributed by atoms with Gasteiger partial charge in [-0.05, 0) is 37.5 Å². The fourth-order valence-electron chi connectivity index (χ4n) is 3.91. The van der Waals surface area contributed by atoms with E-state index in [-0.39, 0.29) is 23.9 Å². The van der Waals surface area contributed by atoms with Crippen molar-refractivity contribution in [1.82, 2.24) is 19.9 Å². The van der Waals surface area contributed by atoms with Crippen LogP contribution >= 0.6 is 0 Å². The normalized spacial score (nSPS) is 23.0. The molecule has 0 aromatic carbocycles. The molecule has 2 amide bonds. The second kappa shape index (κ2) is 6.31. The minimum absolute atomic E-state index is 0.0454. The summed E-state index contributed by atoms with van der Waals surface area (Å²) in [6.45, 7) is 2.97. The summed E-state index contributed by atoms with van der Waals surface area (Å²) in [4.78, 5) is 33.0. The van der Waals surface area contributed by atoms with E-state index in [1.54, 1.807) is 25.4 Å². The minimum Gasteiger partial charge on any atom is -0.361 e. The molecule has 0 radical (unpaired) electrons. The maximum Gasteiger partial charge on any atom is 0.276 e. The molecule has 2 aromatic heterocycles.